The van der Waals surface area contributed by atoms with E-state index in [4.69, 9.17) is 8.83 Å². The molecule has 0 saturated carbocycles. The summed E-state index contributed by atoms with van der Waals surface area (Å²) in [5.74, 6) is -0.699. The van der Waals surface area contributed by atoms with Crippen LogP contribution in [-0.2, 0) is 21.2 Å². The van der Waals surface area contributed by atoms with Crippen LogP contribution in [0.5, 0.6) is 0 Å². The predicted molar refractivity (Wildman–Crippen MR) is 136 cm³/mol. The molecular weight excluding hydrogens is 480 g/mol. The molecule has 36 heavy (non-hydrogen) atoms. The topological polar surface area (TPSA) is 119 Å². The molecule has 2 N–H and O–H groups in total. The number of hydrogen-bond acceptors (Lipinski definition) is 6. The van der Waals surface area contributed by atoms with Crippen molar-refractivity contribution >= 4 is 37.9 Å². The molecule has 9 heteroatoms. The molecule has 182 valence electrons. The van der Waals surface area contributed by atoms with Gasteiger partial charge in [-0.1, -0.05) is 48.0 Å². The molecule has 0 bridgehead atoms. The summed E-state index contributed by atoms with van der Waals surface area (Å²) < 4.78 is 36.1. The van der Waals surface area contributed by atoms with E-state index in [1.807, 2.05) is 43.3 Å². The molecule has 8 nitrogen and oxygen atoms in total. The zero-order chi connectivity index (χ0) is 25.4. The number of hydrogen-bond donors (Lipinski definition) is 2. The highest BCUT2D eigenvalue weighted by Crippen LogP contribution is 2.34. The SMILES string of the molecule is Cc1ccc(S(=O)(=O)NNC(=O)Cc2c(C)c3cc4c(-c5ccccc5)coc4cc3oc2=O)cc1. The second-order valence-electron chi connectivity index (χ2n) is 8.50. The minimum atomic E-state index is -3.96. The first kappa shape index (κ1) is 23.5. The van der Waals surface area contributed by atoms with Gasteiger partial charge in [-0.05, 0) is 43.2 Å². The number of carbonyl (C=O) groups is 1. The Morgan fingerprint density at radius 3 is 2.36 bits per heavy atom. The first-order chi connectivity index (χ1) is 17.2. The normalized spacial score (nSPS) is 11.7. The van der Waals surface area contributed by atoms with E-state index in [1.54, 1.807) is 31.4 Å². The Bertz CT molecular complexity index is 1770. The van der Waals surface area contributed by atoms with Gasteiger partial charge in [0.15, 0.2) is 0 Å². The second-order valence-corrected chi connectivity index (χ2v) is 10.2. The van der Waals surface area contributed by atoms with E-state index < -0.39 is 21.6 Å². The Morgan fingerprint density at radius 1 is 0.917 bits per heavy atom. The number of aryl methyl sites for hydroxylation is 2. The summed E-state index contributed by atoms with van der Waals surface area (Å²) in [4.78, 5) is 27.3. The van der Waals surface area contributed by atoms with Crippen molar-refractivity contribution in [2.75, 3.05) is 0 Å². The summed E-state index contributed by atoms with van der Waals surface area (Å²) in [5, 5.41) is 1.50. The first-order valence-corrected chi connectivity index (χ1v) is 12.6. The van der Waals surface area contributed by atoms with Gasteiger partial charge in [-0.3, -0.25) is 10.2 Å². The molecular formula is C27H22N2O6S. The Morgan fingerprint density at radius 2 is 1.64 bits per heavy atom. The van der Waals surface area contributed by atoms with E-state index in [2.05, 4.69) is 10.3 Å². The smallest absolute Gasteiger partial charge is 0.340 e. The number of amides is 1. The highest BCUT2D eigenvalue weighted by molar-refractivity contribution is 7.89. The van der Waals surface area contributed by atoms with E-state index in [0.717, 1.165) is 22.1 Å². The van der Waals surface area contributed by atoms with Crippen molar-refractivity contribution in [2.45, 2.75) is 25.2 Å². The van der Waals surface area contributed by atoms with Crippen molar-refractivity contribution < 1.29 is 22.0 Å². The van der Waals surface area contributed by atoms with Crippen molar-refractivity contribution in [3.05, 3.63) is 100 Å². The molecule has 2 aromatic heterocycles. The average molecular weight is 503 g/mol. The fourth-order valence-electron chi connectivity index (χ4n) is 4.06. The molecule has 1 amide bonds. The minimum Gasteiger partial charge on any atom is -0.464 e. The van der Waals surface area contributed by atoms with Gasteiger partial charge in [0, 0.05) is 22.4 Å². The molecule has 3 aromatic carbocycles. The van der Waals surface area contributed by atoms with Crippen molar-refractivity contribution in [3.8, 4) is 11.1 Å². The van der Waals surface area contributed by atoms with Crippen LogP contribution in [0.1, 0.15) is 16.7 Å². The van der Waals surface area contributed by atoms with Crippen LogP contribution in [0.25, 0.3) is 33.1 Å². The predicted octanol–water partition coefficient (Wildman–Crippen LogP) is 4.38. The summed E-state index contributed by atoms with van der Waals surface area (Å²) in [6, 6.07) is 19.4. The Labute approximate surface area is 206 Å². The highest BCUT2D eigenvalue weighted by atomic mass is 32.2. The Hall–Kier alpha value is -4.21. The molecule has 0 spiro atoms. The van der Waals surface area contributed by atoms with Crippen LogP contribution in [0.2, 0.25) is 0 Å². The number of hydrazine groups is 1. The average Bonchev–Trinajstić information content (AvgIpc) is 3.28. The number of rotatable bonds is 6. The number of carbonyl (C=O) groups excluding carboxylic acids is 1. The minimum absolute atomic E-state index is 0.00755. The molecule has 5 rings (SSSR count). The van der Waals surface area contributed by atoms with Gasteiger partial charge in [0.2, 0.25) is 5.91 Å². The summed E-state index contributed by atoms with van der Waals surface area (Å²) in [5.41, 5.74) is 5.88. The van der Waals surface area contributed by atoms with Crippen LogP contribution in [0.15, 0.2) is 91.5 Å². The molecule has 2 heterocycles. The largest absolute Gasteiger partial charge is 0.464 e. The molecule has 5 aromatic rings. The third kappa shape index (κ3) is 4.41. The maximum atomic E-state index is 12.7. The van der Waals surface area contributed by atoms with Crippen molar-refractivity contribution in [2.24, 2.45) is 0 Å². The van der Waals surface area contributed by atoms with E-state index in [9.17, 15) is 18.0 Å². The maximum absolute atomic E-state index is 12.7. The molecule has 0 aliphatic heterocycles. The van der Waals surface area contributed by atoms with E-state index >= 15 is 0 Å². The van der Waals surface area contributed by atoms with Gasteiger partial charge >= 0.3 is 5.63 Å². The van der Waals surface area contributed by atoms with Gasteiger partial charge in [-0.15, -0.1) is 4.83 Å². The maximum Gasteiger partial charge on any atom is 0.340 e. The lowest BCUT2D eigenvalue weighted by atomic mass is 9.99. The highest BCUT2D eigenvalue weighted by Gasteiger charge is 2.19. The molecule has 0 fully saturated rings. The van der Waals surface area contributed by atoms with Crippen LogP contribution in [0, 0.1) is 13.8 Å². The Kier molecular flexibility index (Phi) is 5.95. The van der Waals surface area contributed by atoms with Gasteiger partial charge < -0.3 is 8.83 Å². The number of nitrogens with one attached hydrogen (secondary N) is 2. The molecule has 0 atom stereocenters. The quantitative estimate of drug-likeness (QED) is 0.263. The third-order valence-electron chi connectivity index (χ3n) is 6.06. The number of furan rings is 1. The zero-order valence-electron chi connectivity index (χ0n) is 19.5. The van der Waals surface area contributed by atoms with Crippen LogP contribution in [0.4, 0.5) is 0 Å². The lowest BCUT2D eigenvalue weighted by Gasteiger charge is -2.10. The monoisotopic (exact) mass is 502 g/mol. The summed E-state index contributed by atoms with van der Waals surface area (Å²) >= 11 is 0. The standard InChI is InChI=1S/C27H22N2O6S/c1-16-8-10-19(11-9-16)36(32,33)29-28-26(30)13-21-17(2)20-12-22-23(18-6-4-3-5-7-18)15-34-24(22)14-25(20)35-27(21)31/h3-12,14-15,29H,13H2,1-2H3,(H,28,30). The van der Waals surface area contributed by atoms with Crippen LogP contribution in [-0.4, -0.2) is 14.3 Å². The van der Waals surface area contributed by atoms with E-state index in [0.29, 0.717) is 22.1 Å². The number of fused-ring (bicyclic) bond motifs is 2. The van der Waals surface area contributed by atoms with Crippen molar-refractivity contribution in [1.82, 2.24) is 10.3 Å². The van der Waals surface area contributed by atoms with E-state index in [-0.39, 0.29) is 16.9 Å². The molecule has 0 unspecified atom stereocenters. The lowest BCUT2D eigenvalue weighted by molar-refractivity contribution is -0.120. The summed E-state index contributed by atoms with van der Waals surface area (Å²) in [6.07, 6.45) is 1.29. The fraction of sp³-hybridized carbons (Fsp3) is 0.111. The molecule has 0 aliphatic rings. The van der Waals surface area contributed by atoms with Gasteiger partial charge in [0.05, 0.1) is 23.1 Å². The number of sulfonamides is 1. The number of benzene rings is 3. The molecule has 0 radical (unpaired) electrons. The van der Waals surface area contributed by atoms with Gasteiger partial charge in [-0.2, -0.15) is 0 Å². The lowest BCUT2D eigenvalue weighted by Crippen LogP contribution is -2.42. The third-order valence-corrected chi connectivity index (χ3v) is 7.32. The van der Waals surface area contributed by atoms with Gasteiger partial charge in [-0.25, -0.2) is 13.2 Å². The van der Waals surface area contributed by atoms with Crippen LogP contribution >= 0.6 is 0 Å². The van der Waals surface area contributed by atoms with Gasteiger partial charge in [0.25, 0.3) is 10.0 Å². The molecule has 0 saturated heterocycles. The van der Waals surface area contributed by atoms with Gasteiger partial charge in [0.1, 0.15) is 11.2 Å². The first-order valence-electron chi connectivity index (χ1n) is 11.1. The Balaban J connectivity index is 1.44. The van der Waals surface area contributed by atoms with E-state index in [1.165, 1.54) is 12.1 Å². The molecule has 0 aliphatic carbocycles. The second kappa shape index (κ2) is 9.10. The summed E-state index contributed by atoms with van der Waals surface area (Å²) in [7, 11) is -3.96. The van der Waals surface area contributed by atoms with Crippen molar-refractivity contribution in [1.29, 1.82) is 0 Å². The fourth-order valence-corrected chi connectivity index (χ4v) is 4.92. The summed E-state index contributed by atoms with van der Waals surface area (Å²) in [6.45, 7) is 3.57. The van der Waals surface area contributed by atoms with Crippen molar-refractivity contribution in [3.63, 3.8) is 0 Å². The van der Waals surface area contributed by atoms with Crippen LogP contribution < -0.4 is 15.9 Å². The van der Waals surface area contributed by atoms with Crippen LogP contribution in [0.3, 0.4) is 0 Å². The zero-order valence-corrected chi connectivity index (χ0v) is 20.3.